The molecule has 9 nitrogen and oxygen atoms in total. The lowest BCUT2D eigenvalue weighted by Crippen LogP contribution is -2.47. The summed E-state index contributed by atoms with van der Waals surface area (Å²) in [6.07, 6.45) is 7.89. The highest BCUT2D eigenvalue weighted by Crippen LogP contribution is 2.31. The van der Waals surface area contributed by atoms with Gasteiger partial charge in [0.2, 0.25) is 11.8 Å². The lowest BCUT2D eigenvalue weighted by atomic mass is 10.0. The molecule has 0 saturated carbocycles. The van der Waals surface area contributed by atoms with Gasteiger partial charge in [-0.1, -0.05) is 5.92 Å². The molecule has 1 unspecified atom stereocenters. The van der Waals surface area contributed by atoms with E-state index in [-0.39, 0.29) is 13.2 Å². The number of β-amino-alcohol motifs (C(OH)–C–C–N with tert-alkyl or cyclic N) is 1. The van der Waals surface area contributed by atoms with Crippen LogP contribution in [-0.4, -0.2) is 77.9 Å². The van der Waals surface area contributed by atoms with Crippen LogP contribution < -0.4 is 14.8 Å². The zero-order valence-corrected chi connectivity index (χ0v) is 19.8. The predicted octanol–water partition coefficient (Wildman–Crippen LogP) is 2.57. The number of nitrogens with one attached hydrogen (secondary N) is 1. The first-order valence-electron chi connectivity index (χ1n) is 10.8. The molecule has 2 N–H and O–H groups in total. The average Bonchev–Trinajstić information content (AvgIpc) is 3.28. The number of ether oxygens (including phenoxy) is 4. The number of benzene rings is 1. The number of rotatable bonds is 9. The minimum Gasteiger partial charge on any atom is -0.491 e. The Labute approximate surface area is 201 Å². The number of halogens is 1. The Bertz CT molecular complexity index is 952. The standard InChI is InChI=1S/C23H27BrN4O5/c1-2-11-30-21-20(24)14-25-22(27-21)26-17-3-5-19(6-4-17)31-16-18(29)15-28-9-7-23(8-10-28)32-12-13-33-23/h1,3-6,14,18,29H,7-13,15-16H2,(H,25,26,27). The second-order valence-electron chi connectivity index (χ2n) is 7.86. The van der Waals surface area contributed by atoms with Gasteiger partial charge in [0.1, 0.15) is 18.5 Å². The third kappa shape index (κ3) is 6.56. The van der Waals surface area contributed by atoms with Crippen LogP contribution >= 0.6 is 15.9 Å². The van der Waals surface area contributed by atoms with Crippen LogP contribution in [0.15, 0.2) is 34.9 Å². The van der Waals surface area contributed by atoms with Crippen molar-refractivity contribution < 1.29 is 24.1 Å². The molecule has 2 fully saturated rings. The first kappa shape index (κ1) is 23.7. The zero-order chi connectivity index (χ0) is 23.1. The fourth-order valence-electron chi connectivity index (χ4n) is 3.79. The number of anilines is 2. The van der Waals surface area contributed by atoms with Crippen molar-refractivity contribution in [2.24, 2.45) is 0 Å². The molecule has 3 heterocycles. The van der Waals surface area contributed by atoms with Crippen molar-refractivity contribution in [3.05, 3.63) is 34.9 Å². The van der Waals surface area contributed by atoms with E-state index in [2.05, 4.69) is 42.0 Å². The second-order valence-corrected chi connectivity index (χ2v) is 8.72. The molecular weight excluding hydrogens is 492 g/mol. The van der Waals surface area contributed by atoms with Crippen LogP contribution in [0.25, 0.3) is 0 Å². The monoisotopic (exact) mass is 518 g/mol. The van der Waals surface area contributed by atoms with Crippen LogP contribution in [0.5, 0.6) is 11.6 Å². The number of nitrogens with zero attached hydrogens (tertiary/aromatic N) is 3. The number of likely N-dealkylation sites (tertiary alicyclic amines) is 1. The molecule has 4 rings (SSSR count). The molecule has 1 aromatic carbocycles. The number of hydrogen-bond acceptors (Lipinski definition) is 9. The van der Waals surface area contributed by atoms with Gasteiger partial charge in [-0.05, 0) is 40.2 Å². The van der Waals surface area contributed by atoms with E-state index in [0.717, 1.165) is 31.6 Å². The fourth-order valence-corrected chi connectivity index (χ4v) is 4.10. The van der Waals surface area contributed by atoms with Gasteiger partial charge in [0.05, 0.1) is 23.9 Å². The molecule has 0 radical (unpaired) electrons. The van der Waals surface area contributed by atoms with E-state index in [9.17, 15) is 5.11 Å². The summed E-state index contributed by atoms with van der Waals surface area (Å²) < 4.78 is 23.3. The van der Waals surface area contributed by atoms with Gasteiger partial charge in [-0.15, -0.1) is 6.42 Å². The van der Waals surface area contributed by atoms with Crippen molar-refractivity contribution in [1.29, 1.82) is 0 Å². The molecule has 2 aliphatic heterocycles. The topological polar surface area (TPSA) is 98.2 Å². The number of terminal acetylenes is 1. The van der Waals surface area contributed by atoms with Crippen molar-refractivity contribution in [2.45, 2.75) is 24.7 Å². The highest BCUT2D eigenvalue weighted by molar-refractivity contribution is 9.10. The molecule has 0 aliphatic carbocycles. The van der Waals surface area contributed by atoms with Gasteiger partial charge in [-0.2, -0.15) is 4.98 Å². The van der Waals surface area contributed by atoms with Crippen LogP contribution in [0.4, 0.5) is 11.6 Å². The molecule has 1 aromatic heterocycles. The molecule has 176 valence electrons. The van der Waals surface area contributed by atoms with Crippen LogP contribution in [-0.2, 0) is 9.47 Å². The molecule has 33 heavy (non-hydrogen) atoms. The van der Waals surface area contributed by atoms with Gasteiger partial charge in [0, 0.05) is 38.2 Å². The maximum atomic E-state index is 10.4. The summed E-state index contributed by atoms with van der Waals surface area (Å²) in [5.74, 6) is 3.42. The summed E-state index contributed by atoms with van der Waals surface area (Å²) in [5.41, 5.74) is 0.784. The fraction of sp³-hybridized carbons (Fsp3) is 0.478. The Hall–Kier alpha value is -2.42. The van der Waals surface area contributed by atoms with Gasteiger partial charge in [-0.3, -0.25) is 0 Å². The Morgan fingerprint density at radius 3 is 2.64 bits per heavy atom. The maximum Gasteiger partial charge on any atom is 0.233 e. The van der Waals surface area contributed by atoms with Gasteiger partial charge < -0.3 is 34.3 Å². The Morgan fingerprint density at radius 2 is 1.94 bits per heavy atom. The molecule has 1 atom stereocenters. The molecule has 1 spiro atoms. The Balaban J connectivity index is 1.21. The van der Waals surface area contributed by atoms with Crippen molar-refractivity contribution in [3.8, 4) is 24.0 Å². The number of aliphatic hydroxyl groups is 1. The minimum absolute atomic E-state index is 0.119. The number of hydrogen-bond donors (Lipinski definition) is 2. The first-order chi connectivity index (χ1) is 16.0. The third-order valence-corrected chi connectivity index (χ3v) is 6.00. The second kappa shape index (κ2) is 11.1. The lowest BCUT2D eigenvalue weighted by molar-refractivity contribution is -0.186. The van der Waals surface area contributed by atoms with Crippen LogP contribution in [0, 0.1) is 12.3 Å². The van der Waals surface area contributed by atoms with Crippen molar-refractivity contribution >= 4 is 27.6 Å². The predicted molar refractivity (Wildman–Crippen MR) is 126 cm³/mol. The van der Waals surface area contributed by atoms with E-state index in [0.29, 0.717) is 41.8 Å². The summed E-state index contributed by atoms with van der Waals surface area (Å²) in [6.45, 7) is 3.91. The number of aliphatic hydroxyl groups excluding tert-OH is 1. The summed E-state index contributed by atoms with van der Waals surface area (Å²) in [4.78, 5) is 10.7. The number of aromatic nitrogens is 2. The quantitative estimate of drug-likeness (QED) is 0.485. The minimum atomic E-state index is -0.583. The van der Waals surface area contributed by atoms with Gasteiger partial charge in [0.25, 0.3) is 0 Å². The largest absolute Gasteiger partial charge is 0.491 e. The third-order valence-electron chi connectivity index (χ3n) is 5.46. The average molecular weight is 519 g/mol. The van der Waals surface area contributed by atoms with Crippen molar-refractivity contribution in [2.75, 3.05) is 51.4 Å². The molecule has 2 saturated heterocycles. The Kier molecular flexibility index (Phi) is 8.01. The number of piperidine rings is 1. The Morgan fingerprint density at radius 1 is 1.21 bits per heavy atom. The van der Waals surface area contributed by atoms with E-state index in [1.807, 2.05) is 24.3 Å². The van der Waals surface area contributed by atoms with Crippen LogP contribution in [0.3, 0.4) is 0 Å². The van der Waals surface area contributed by atoms with Crippen molar-refractivity contribution in [3.63, 3.8) is 0 Å². The highest BCUT2D eigenvalue weighted by Gasteiger charge is 2.39. The van der Waals surface area contributed by atoms with Crippen LogP contribution in [0.1, 0.15) is 12.8 Å². The molecule has 10 heteroatoms. The molecular formula is C23H27BrN4O5. The SMILES string of the molecule is C#CCOc1nc(Nc2ccc(OCC(O)CN3CCC4(CC3)OCCO4)cc2)ncc1Br. The van der Waals surface area contributed by atoms with Gasteiger partial charge in [0.15, 0.2) is 12.4 Å². The molecule has 2 aromatic rings. The lowest BCUT2D eigenvalue weighted by Gasteiger charge is -2.38. The first-order valence-corrected chi connectivity index (χ1v) is 11.6. The van der Waals surface area contributed by atoms with Gasteiger partial charge >= 0.3 is 0 Å². The summed E-state index contributed by atoms with van der Waals surface area (Å²) in [7, 11) is 0. The van der Waals surface area contributed by atoms with E-state index in [4.69, 9.17) is 25.4 Å². The van der Waals surface area contributed by atoms with E-state index in [1.54, 1.807) is 6.20 Å². The summed E-state index contributed by atoms with van der Waals surface area (Å²) in [5, 5.41) is 13.5. The van der Waals surface area contributed by atoms with E-state index >= 15 is 0 Å². The molecule has 2 aliphatic rings. The summed E-state index contributed by atoms with van der Waals surface area (Å²) >= 11 is 3.33. The highest BCUT2D eigenvalue weighted by atomic mass is 79.9. The van der Waals surface area contributed by atoms with E-state index in [1.165, 1.54) is 0 Å². The molecule has 0 bridgehead atoms. The zero-order valence-electron chi connectivity index (χ0n) is 18.2. The molecule has 0 amide bonds. The van der Waals surface area contributed by atoms with Crippen molar-refractivity contribution in [1.82, 2.24) is 14.9 Å². The van der Waals surface area contributed by atoms with E-state index < -0.39 is 11.9 Å². The van der Waals surface area contributed by atoms with Crippen LogP contribution in [0.2, 0.25) is 0 Å². The normalized spacial score (nSPS) is 18.6. The summed E-state index contributed by atoms with van der Waals surface area (Å²) in [6, 6.07) is 7.34. The van der Waals surface area contributed by atoms with Gasteiger partial charge in [-0.25, -0.2) is 4.98 Å². The smallest absolute Gasteiger partial charge is 0.233 e. The maximum absolute atomic E-state index is 10.4.